The van der Waals surface area contributed by atoms with Crippen molar-refractivity contribution in [3.63, 3.8) is 0 Å². The molecule has 0 atom stereocenters. The molecule has 0 fully saturated rings. The van der Waals surface area contributed by atoms with Crippen molar-refractivity contribution in [1.82, 2.24) is 4.90 Å². The summed E-state index contributed by atoms with van der Waals surface area (Å²) in [5, 5.41) is 0. The average molecular weight is 472 g/mol. The summed E-state index contributed by atoms with van der Waals surface area (Å²) in [7, 11) is 2.99. The van der Waals surface area contributed by atoms with Crippen LogP contribution in [0.3, 0.4) is 0 Å². The number of methoxy groups -OCH3 is 2. The van der Waals surface area contributed by atoms with Crippen LogP contribution in [0.4, 0.5) is 0 Å². The van der Waals surface area contributed by atoms with Crippen LogP contribution in [0.25, 0.3) is 6.08 Å². The summed E-state index contributed by atoms with van der Waals surface area (Å²) >= 11 is 0. The molecule has 0 bridgehead atoms. The zero-order chi connectivity index (χ0) is 24.5. The Morgan fingerprint density at radius 1 is 1.06 bits per heavy atom. The van der Waals surface area contributed by atoms with Gasteiger partial charge in [0, 0.05) is 24.2 Å². The molecule has 7 nitrogen and oxygen atoms in total. The third-order valence-corrected chi connectivity index (χ3v) is 6.20. The van der Waals surface area contributed by atoms with E-state index in [0.29, 0.717) is 30.2 Å². The summed E-state index contributed by atoms with van der Waals surface area (Å²) in [5.74, 6) is 1.79. The van der Waals surface area contributed by atoms with Gasteiger partial charge in [0.05, 0.1) is 25.3 Å². The highest BCUT2D eigenvalue weighted by Gasteiger charge is 2.33. The zero-order valence-corrected chi connectivity index (χ0v) is 19.8. The lowest BCUT2D eigenvalue weighted by Crippen LogP contribution is -2.32. The predicted octanol–water partition coefficient (Wildman–Crippen LogP) is 4.76. The van der Waals surface area contributed by atoms with E-state index in [1.165, 1.54) is 7.11 Å². The summed E-state index contributed by atoms with van der Waals surface area (Å²) in [4.78, 5) is 27.0. The Morgan fingerprint density at radius 2 is 1.80 bits per heavy atom. The van der Waals surface area contributed by atoms with Crippen LogP contribution in [0.2, 0.25) is 0 Å². The molecular formula is C28H25NO6. The number of rotatable bonds is 5. The molecule has 178 valence electrons. The van der Waals surface area contributed by atoms with Gasteiger partial charge >= 0.3 is 5.97 Å². The molecule has 0 aromatic heterocycles. The molecule has 0 aliphatic carbocycles. The first-order valence-electron chi connectivity index (χ1n) is 11.2. The minimum atomic E-state index is -0.410. The molecule has 5 rings (SSSR count). The fourth-order valence-electron chi connectivity index (χ4n) is 4.37. The fourth-order valence-corrected chi connectivity index (χ4v) is 4.37. The van der Waals surface area contributed by atoms with Crippen molar-refractivity contribution in [1.29, 1.82) is 0 Å². The van der Waals surface area contributed by atoms with E-state index in [1.54, 1.807) is 37.5 Å². The minimum Gasteiger partial charge on any atom is -0.497 e. The molecule has 3 aromatic carbocycles. The third-order valence-electron chi connectivity index (χ3n) is 6.20. The van der Waals surface area contributed by atoms with Gasteiger partial charge in [-0.15, -0.1) is 0 Å². The molecule has 0 saturated carbocycles. The number of carbonyl (C=O) groups excluding carboxylic acids is 2. The second-order valence-electron chi connectivity index (χ2n) is 8.53. The van der Waals surface area contributed by atoms with Crippen LogP contribution < -0.4 is 14.2 Å². The topological polar surface area (TPSA) is 74.3 Å². The Balaban J connectivity index is 1.36. The molecular weight excluding hydrogens is 446 g/mol. The van der Waals surface area contributed by atoms with Crippen molar-refractivity contribution in [2.24, 2.45) is 0 Å². The van der Waals surface area contributed by atoms with E-state index in [2.05, 4.69) is 4.90 Å². The standard InChI is InChI=1S/C28H25NO6/c1-17-26-21(15-29(16-34-26)14-19-6-10-22(32-2)11-7-19)13-23-25(30)24(35-27(17)23)12-18-4-8-20(9-5-18)28(31)33-3/h4-13H,14-16H2,1-3H3/b24-12-. The highest BCUT2D eigenvalue weighted by molar-refractivity contribution is 6.15. The average Bonchev–Trinajstić information content (AvgIpc) is 3.19. The van der Waals surface area contributed by atoms with Crippen molar-refractivity contribution in [3.8, 4) is 17.2 Å². The quantitative estimate of drug-likeness (QED) is 0.392. The van der Waals surface area contributed by atoms with Crippen molar-refractivity contribution in [2.45, 2.75) is 20.0 Å². The largest absolute Gasteiger partial charge is 0.497 e. The molecule has 0 saturated heterocycles. The third kappa shape index (κ3) is 4.38. The second-order valence-corrected chi connectivity index (χ2v) is 8.53. The summed E-state index contributed by atoms with van der Waals surface area (Å²) in [6.45, 7) is 3.74. The van der Waals surface area contributed by atoms with Crippen LogP contribution in [0.5, 0.6) is 17.2 Å². The SMILES string of the molecule is COC(=O)c1ccc(/C=C2\Oc3c(cc4c(c3C)OCN(Cc3ccc(OC)cc3)C4)C2=O)cc1. The fraction of sp³-hybridized carbons (Fsp3) is 0.214. The number of hydrogen-bond donors (Lipinski definition) is 0. The first kappa shape index (κ1) is 22.7. The molecule has 2 aliphatic heterocycles. The van der Waals surface area contributed by atoms with Crippen LogP contribution in [-0.2, 0) is 17.8 Å². The monoisotopic (exact) mass is 471 g/mol. The van der Waals surface area contributed by atoms with Crippen LogP contribution in [0, 0.1) is 6.92 Å². The van der Waals surface area contributed by atoms with Crippen molar-refractivity contribution in [2.75, 3.05) is 21.0 Å². The summed E-state index contributed by atoms with van der Waals surface area (Å²) in [5.41, 5.74) is 4.66. The van der Waals surface area contributed by atoms with Crippen LogP contribution in [0.1, 0.15) is 43.0 Å². The molecule has 2 heterocycles. The smallest absolute Gasteiger partial charge is 0.337 e. The highest BCUT2D eigenvalue weighted by Crippen LogP contribution is 2.43. The molecule has 0 N–H and O–H groups in total. The van der Waals surface area contributed by atoms with E-state index in [-0.39, 0.29) is 11.5 Å². The van der Waals surface area contributed by atoms with Gasteiger partial charge in [-0.1, -0.05) is 24.3 Å². The van der Waals surface area contributed by atoms with Crippen LogP contribution in [0.15, 0.2) is 60.4 Å². The maximum absolute atomic E-state index is 13.2. The first-order valence-corrected chi connectivity index (χ1v) is 11.2. The first-order chi connectivity index (χ1) is 17.0. The summed E-state index contributed by atoms with van der Waals surface area (Å²) in [6, 6.07) is 16.6. The van der Waals surface area contributed by atoms with Gasteiger partial charge in [0.1, 0.15) is 24.0 Å². The van der Waals surface area contributed by atoms with Gasteiger partial charge in [0.2, 0.25) is 5.78 Å². The summed E-state index contributed by atoms with van der Waals surface area (Å²) < 4.78 is 22.0. The molecule has 0 radical (unpaired) electrons. The second kappa shape index (κ2) is 9.27. The Morgan fingerprint density at radius 3 is 2.49 bits per heavy atom. The zero-order valence-electron chi connectivity index (χ0n) is 19.8. The number of esters is 1. The lowest BCUT2D eigenvalue weighted by Gasteiger charge is -2.30. The molecule has 7 heteroatoms. The number of fused-ring (bicyclic) bond motifs is 2. The predicted molar refractivity (Wildman–Crippen MR) is 130 cm³/mol. The lowest BCUT2D eigenvalue weighted by atomic mass is 9.99. The van der Waals surface area contributed by atoms with E-state index >= 15 is 0 Å². The molecule has 0 amide bonds. The Bertz CT molecular complexity index is 1330. The van der Waals surface area contributed by atoms with Crippen molar-refractivity contribution < 1.29 is 28.5 Å². The van der Waals surface area contributed by atoms with E-state index in [4.69, 9.17) is 18.9 Å². The van der Waals surface area contributed by atoms with E-state index in [9.17, 15) is 9.59 Å². The number of carbonyl (C=O) groups is 2. The lowest BCUT2D eigenvalue weighted by molar-refractivity contribution is 0.0600. The van der Waals surface area contributed by atoms with Gasteiger partial charge < -0.3 is 18.9 Å². The molecule has 3 aromatic rings. The van der Waals surface area contributed by atoms with Crippen molar-refractivity contribution >= 4 is 17.8 Å². The maximum atomic E-state index is 13.2. The van der Waals surface area contributed by atoms with Crippen molar-refractivity contribution in [3.05, 3.63) is 93.7 Å². The number of allylic oxidation sites excluding steroid dienone is 1. The Kier molecular flexibility index (Phi) is 6.01. The Hall–Kier alpha value is -4.10. The normalized spacial score (nSPS) is 15.7. The van der Waals surface area contributed by atoms with Gasteiger partial charge in [0.15, 0.2) is 5.76 Å². The number of nitrogens with zero attached hydrogens (tertiary/aromatic N) is 1. The minimum absolute atomic E-state index is 0.171. The summed E-state index contributed by atoms with van der Waals surface area (Å²) in [6.07, 6.45) is 1.68. The number of ketones is 1. The van der Waals surface area contributed by atoms with E-state index in [1.807, 2.05) is 37.3 Å². The van der Waals surface area contributed by atoms with Crippen LogP contribution in [-0.4, -0.2) is 37.6 Å². The maximum Gasteiger partial charge on any atom is 0.337 e. The molecule has 0 unspecified atom stereocenters. The molecule has 0 spiro atoms. The number of ether oxygens (including phenoxy) is 4. The van der Waals surface area contributed by atoms with Gasteiger partial charge in [0.25, 0.3) is 0 Å². The molecule has 2 aliphatic rings. The van der Waals surface area contributed by atoms with Crippen LogP contribution >= 0.6 is 0 Å². The van der Waals surface area contributed by atoms with Gasteiger partial charge in [-0.05, 0) is 54.5 Å². The van der Waals surface area contributed by atoms with Gasteiger partial charge in [-0.3, -0.25) is 9.69 Å². The Labute approximate surface area is 203 Å². The van der Waals surface area contributed by atoms with E-state index in [0.717, 1.165) is 40.3 Å². The number of hydrogen-bond acceptors (Lipinski definition) is 7. The number of benzene rings is 3. The van der Waals surface area contributed by atoms with Gasteiger partial charge in [-0.2, -0.15) is 0 Å². The number of Topliss-reactive ketones (excluding diaryl/α,β-unsaturated/α-hetero) is 1. The van der Waals surface area contributed by atoms with Gasteiger partial charge in [-0.25, -0.2) is 4.79 Å². The highest BCUT2D eigenvalue weighted by atomic mass is 16.5. The molecule has 35 heavy (non-hydrogen) atoms. The van der Waals surface area contributed by atoms with E-state index < -0.39 is 5.97 Å².